The molecule has 0 aliphatic heterocycles. The highest BCUT2D eigenvalue weighted by atomic mass is 19.1. The number of hydrogen-bond acceptors (Lipinski definition) is 6. The summed E-state index contributed by atoms with van der Waals surface area (Å²) in [6, 6.07) is 13.3. The van der Waals surface area contributed by atoms with Crippen molar-refractivity contribution < 1.29 is 13.9 Å². The van der Waals surface area contributed by atoms with Crippen LogP contribution in [0.15, 0.2) is 81.5 Å². The Hall–Kier alpha value is -4.80. The van der Waals surface area contributed by atoms with E-state index in [0.717, 1.165) is 10.8 Å². The van der Waals surface area contributed by atoms with E-state index in [1.165, 1.54) is 54.4 Å². The van der Waals surface area contributed by atoms with Crippen LogP contribution in [0, 0.1) is 5.82 Å². The third-order valence-corrected chi connectivity index (χ3v) is 5.20. The third-order valence-electron chi connectivity index (χ3n) is 5.20. The average Bonchev–Trinajstić information content (AvgIpc) is 2.85. The number of ether oxygens (including phenoxy) is 1. The van der Waals surface area contributed by atoms with Crippen molar-refractivity contribution in [3.05, 3.63) is 110 Å². The summed E-state index contributed by atoms with van der Waals surface area (Å²) in [5.41, 5.74) is -1.03. The molecule has 2 heterocycles. The van der Waals surface area contributed by atoms with Crippen LogP contribution >= 0.6 is 0 Å². The number of para-hydroxylation sites is 2. The fourth-order valence-corrected chi connectivity index (χ4v) is 3.43. The summed E-state index contributed by atoms with van der Waals surface area (Å²) in [6.07, 6.45) is 2.36. The lowest BCUT2D eigenvalue weighted by molar-refractivity contribution is 0.0949. The highest BCUT2D eigenvalue weighted by molar-refractivity contribution is 5.93. The maximum absolute atomic E-state index is 13.1. The van der Waals surface area contributed by atoms with Crippen LogP contribution in [-0.2, 0) is 6.54 Å². The lowest BCUT2D eigenvalue weighted by atomic mass is 10.1. The zero-order valence-electron chi connectivity index (χ0n) is 18.5. The highest BCUT2D eigenvalue weighted by Gasteiger charge is 2.17. The molecule has 0 atom stereocenters. The molecule has 4 rings (SSSR count). The fourth-order valence-electron chi connectivity index (χ4n) is 3.43. The normalized spacial score (nSPS) is 10.7. The van der Waals surface area contributed by atoms with E-state index in [1.54, 1.807) is 18.2 Å². The van der Waals surface area contributed by atoms with Crippen LogP contribution in [0.25, 0.3) is 16.9 Å². The number of aromatic amines is 1. The molecule has 4 aromatic rings. The van der Waals surface area contributed by atoms with Gasteiger partial charge in [-0.1, -0.05) is 12.1 Å². The Morgan fingerprint density at radius 2 is 1.86 bits per heavy atom. The monoisotopic (exact) mass is 477 g/mol. The Balaban J connectivity index is 1.49. The van der Waals surface area contributed by atoms with Crippen molar-refractivity contribution in [1.29, 1.82) is 0 Å². The summed E-state index contributed by atoms with van der Waals surface area (Å²) >= 11 is 0. The Kier molecular flexibility index (Phi) is 6.67. The van der Waals surface area contributed by atoms with E-state index in [9.17, 15) is 23.6 Å². The molecule has 0 radical (unpaired) electrons. The minimum Gasteiger partial charge on any atom is -0.495 e. The van der Waals surface area contributed by atoms with Gasteiger partial charge in [0.15, 0.2) is 0 Å². The van der Waals surface area contributed by atoms with E-state index in [0.29, 0.717) is 11.3 Å². The smallest absolute Gasteiger partial charge is 0.333 e. The van der Waals surface area contributed by atoms with Crippen LogP contribution in [0.5, 0.6) is 5.75 Å². The molecule has 0 aliphatic rings. The molecular formula is C24H20FN5O5. The molecule has 0 unspecified atom stereocenters. The van der Waals surface area contributed by atoms with E-state index < -0.39 is 23.0 Å². The first kappa shape index (κ1) is 23.4. The number of methoxy groups -OCH3 is 1. The van der Waals surface area contributed by atoms with E-state index in [2.05, 4.69) is 15.3 Å². The lowest BCUT2D eigenvalue weighted by Crippen LogP contribution is -2.40. The summed E-state index contributed by atoms with van der Waals surface area (Å²) in [4.78, 5) is 56.9. The molecule has 35 heavy (non-hydrogen) atoms. The largest absolute Gasteiger partial charge is 0.495 e. The number of H-pyrrole nitrogens is 1. The van der Waals surface area contributed by atoms with Gasteiger partial charge in [0.1, 0.15) is 17.1 Å². The highest BCUT2D eigenvalue weighted by Crippen LogP contribution is 2.19. The molecule has 0 saturated carbocycles. The minimum absolute atomic E-state index is 0.0174. The summed E-state index contributed by atoms with van der Waals surface area (Å²) in [5, 5.41) is 2.56. The molecule has 178 valence electrons. The van der Waals surface area contributed by atoms with Crippen molar-refractivity contribution in [2.45, 2.75) is 6.54 Å². The molecule has 10 nitrogen and oxygen atoms in total. The minimum atomic E-state index is -0.821. The van der Waals surface area contributed by atoms with Crippen LogP contribution in [0.2, 0.25) is 0 Å². The van der Waals surface area contributed by atoms with Gasteiger partial charge >= 0.3 is 5.69 Å². The van der Waals surface area contributed by atoms with Crippen LogP contribution in [0.1, 0.15) is 10.4 Å². The molecule has 2 N–H and O–H groups in total. The SMILES string of the molecule is COc1ccccc1-n1c(=O)[nH]cc(C(=O)NCCn2cnc(-c3ccc(F)cc3)cc2=O)c1=O. The molecule has 2 aromatic heterocycles. The second-order valence-electron chi connectivity index (χ2n) is 7.39. The fraction of sp³-hybridized carbons (Fsp3) is 0.125. The topological polar surface area (TPSA) is 128 Å². The van der Waals surface area contributed by atoms with E-state index >= 15 is 0 Å². The number of amides is 1. The van der Waals surface area contributed by atoms with Crippen molar-refractivity contribution in [2.75, 3.05) is 13.7 Å². The molecule has 11 heteroatoms. The first-order valence-electron chi connectivity index (χ1n) is 10.5. The van der Waals surface area contributed by atoms with Gasteiger partial charge in [0, 0.05) is 30.9 Å². The number of benzene rings is 2. The number of nitrogens with one attached hydrogen (secondary N) is 2. The number of halogens is 1. The van der Waals surface area contributed by atoms with Gasteiger partial charge in [-0.2, -0.15) is 0 Å². The first-order valence-corrected chi connectivity index (χ1v) is 10.5. The van der Waals surface area contributed by atoms with Crippen LogP contribution < -0.4 is 26.9 Å². The van der Waals surface area contributed by atoms with Gasteiger partial charge in [0.05, 0.1) is 24.8 Å². The molecule has 0 fully saturated rings. The second kappa shape index (κ2) is 10.00. The van der Waals surface area contributed by atoms with Gasteiger partial charge in [0.2, 0.25) is 0 Å². The summed E-state index contributed by atoms with van der Waals surface area (Å²) in [7, 11) is 1.40. The number of nitrogens with zero attached hydrogens (tertiary/aromatic N) is 3. The number of carbonyl (C=O) groups excluding carboxylic acids is 1. The average molecular weight is 477 g/mol. The quantitative estimate of drug-likeness (QED) is 0.413. The molecule has 0 saturated heterocycles. The predicted octanol–water partition coefficient (Wildman–Crippen LogP) is 1.33. The van der Waals surface area contributed by atoms with Gasteiger partial charge in [-0.3, -0.25) is 19.0 Å². The van der Waals surface area contributed by atoms with E-state index in [1.807, 2.05) is 0 Å². The van der Waals surface area contributed by atoms with Crippen molar-refractivity contribution in [3.63, 3.8) is 0 Å². The predicted molar refractivity (Wildman–Crippen MR) is 125 cm³/mol. The summed E-state index contributed by atoms with van der Waals surface area (Å²) in [5.74, 6) is -0.831. The standard InChI is InChI=1S/C24H20FN5O5/c1-35-20-5-3-2-4-19(20)30-23(33)17(13-27-24(30)34)22(32)26-10-11-29-14-28-18(12-21(29)31)15-6-8-16(25)9-7-15/h2-9,12-14H,10-11H2,1H3,(H,26,32)(H,27,34). The van der Waals surface area contributed by atoms with Crippen molar-refractivity contribution in [1.82, 2.24) is 24.4 Å². The molecule has 0 spiro atoms. The van der Waals surface area contributed by atoms with Gasteiger partial charge in [-0.15, -0.1) is 0 Å². The Bertz CT molecular complexity index is 1560. The maximum Gasteiger partial charge on any atom is 0.333 e. The zero-order chi connectivity index (χ0) is 24.9. The van der Waals surface area contributed by atoms with Crippen molar-refractivity contribution in [3.8, 4) is 22.7 Å². The summed E-state index contributed by atoms with van der Waals surface area (Å²) in [6.45, 7) is 0.106. The van der Waals surface area contributed by atoms with Gasteiger partial charge in [-0.25, -0.2) is 18.7 Å². The van der Waals surface area contributed by atoms with E-state index in [4.69, 9.17) is 4.74 Å². The number of aromatic nitrogens is 4. The van der Waals surface area contributed by atoms with Crippen molar-refractivity contribution in [2.24, 2.45) is 0 Å². The van der Waals surface area contributed by atoms with Gasteiger partial charge in [0.25, 0.3) is 17.0 Å². The molecule has 1 amide bonds. The Labute approximate surface area is 197 Å². The van der Waals surface area contributed by atoms with Crippen molar-refractivity contribution >= 4 is 5.91 Å². The number of rotatable bonds is 7. The third kappa shape index (κ3) is 4.93. The van der Waals surface area contributed by atoms with Crippen LogP contribution in [-0.4, -0.2) is 38.7 Å². The summed E-state index contributed by atoms with van der Waals surface area (Å²) < 4.78 is 20.4. The van der Waals surface area contributed by atoms with E-state index in [-0.39, 0.29) is 35.6 Å². The second-order valence-corrected chi connectivity index (χ2v) is 7.39. The molecule has 2 aromatic carbocycles. The lowest BCUT2D eigenvalue weighted by Gasteiger charge is -2.11. The number of hydrogen-bond donors (Lipinski definition) is 2. The molecule has 0 aliphatic carbocycles. The molecule has 0 bridgehead atoms. The zero-order valence-corrected chi connectivity index (χ0v) is 18.5. The van der Waals surface area contributed by atoms with Gasteiger partial charge < -0.3 is 15.0 Å². The first-order chi connectivity index (χ1) is 16.9. The Morgan fingerprint density at radius 3 is 2.57 bits per heavy atom. The molecular weight excluding hydrogens is 457 g/mol. The Morgan fingerprint density at radius 1 is 1.11 bits per heavy atom. The maximum atomic E-state index is 13.1. The number of carbonyl (C=O) groups is 1. The van der Waals surface area contributed by atoms with Crippen LogP contribution in [0.3, 0.4) is 0 Å². The van der Waals surface area contributed by atoms with Crippen LogP contribution in [0.4, 0.5) is 4.39 Å². The van der Waals surface area contributed by atoms with Gasteiger partial charge in [-0.05, 0) is 36.4 Å².